The van der Waals surface area contributed by atoms with Crippen molar-refractivity contribution >= 4 is 5.91 Å². The molecule has 0 aromatic rings. The molecule has 0 saturated heterocycles. The summed E-state index contributed by atoms with van der Waals surface area (Å²) in [7, 11) is 0. The van der Waals surface area contributed by atoms with E-state index in [1.54, 1.807) is 0 Å². The van der Waals surface area contributed by atoms with Crippen molar-refractivity contribution in [3.05, 3.63) is 0 Å². The van der Waals surface area contributed by atoms with E-state index in [9.17, 15) is 15.0 Å². The predicted octanol–water partition coefficient (Wildman–Crippen LogP) is -3.09. The molecule has 0 fully saturated rings. The van der Waals surface area contributed by atoms with E-state index in [1.807, 2.05) is 0 Å². The topological polar surface area (TPSA) is 130 Å². The molecule has 0 aromatic heterocycles. The van der Waals surface area contributed by atoms with Crippen molar-refractivity contribution in [2.75, 3.05) is 6.61 Å². The summed E-state index contributed by atoms with van der Waals surface area (Å²) in [6.45, 7) is 0.785. The summed E-state index contributed by atoms with van der Waals surface area (Å²) in [5, 5.41) is 47.0. The molecule has 3 atom stereocenters. The molecular weight excluding hydrogens is 206 g/mol. The highest BCUT2D eigenvalue weighted by Gasteiger charge is 2.31. The zero-order chi connectivity index (χ0) is 12.0. The molecule has 0 spiro atoms. The fraction of sp³-hybridized carbons (Fsp3) is 0.875. The highest BCUT2D eigenvalue weighted by atomic mass is 16.5. The summed E-state index contributed by atoms with van der Waals surface area (Å²) >= 11 is 0. The van der Waals surface area contributed by atoms with Crippen LogP contribution in [0, 0.1) is 0 Å². The second-order valence-corrected chi connectivity index (χ2v) is 3.21. The molecule has 0 aliphatic rings. The minimum atomic E-state index is -1.99. The molecule has 15 heavy (non-hydrogen) atoms. The SMILES string of the molecule is CC(=O)N[C@@H](C(O)O)C(O)[C@H](O)CCO. The standard InChI is InChI=1S/C8H17NO6/c1-4(11)9-6(8(14)15)7(13)5(12)2-3-10/h5-8,10,12-15H,2-3H2,1H3,(H,9,11)/t5-,6-,7?/m1/s1. The molecule has 0 bridgehead atoms. The Kier molecular flexibility index (Phi) is 6.37. The highest BCUT2D eigenvalue weighted by Crippen LogP contribution is 2.06. The van der Waals surface area contributed by atoms with Gasteiger partial charge >= 0.3 is 0 Å². The lowest BCUT2D eigenvalue weighted by Gasteiger charge is -2.28. The van der Waals surface area contributed by atoms with Crippen LogP contribution in [0.5, 0.6) is 0 Å². The van der Waals surface area contributed by atoms with Crippen molar-refractivity contribution in [3.63, 3.8) is 0 Å². The van der Waals surface area contributed by atoms with Crippen molar-refractivity contribution < 1.29 is 30.3 Å². The van der Waals surface area contributed by atoms with E-state index in [1.165, 1.54) is 0 Å². The molecule has 0 saturated carbocycles. The van der Waals surface area contributed by atoms with Crippen LogP contribution >= 0.6 is 0 Å². The van der Waals surface area contributed by atoms with Gasteiger partial charge in [-0.1, -0.05) is 0 Å². The Morgan fingerprint density at radius 2 is 1.80 bits per heavy atom. The quantitative estimate of drug-likeness (QED) is 0.265. The van der Waals surface area contributed by atoms with Crippen molar-refractivity contribution in [1.82, 2.24) is 5.32 Å². The van der Waals surface area contributed by atoms with Crippen LogP contribution in [0.2, 0.25) is 0 Å². The molecule has 7 heteroatoms. The molecule has 6 N–H and O–H groups in total. The third-order valence-electron chi connectivity index (χ3n) is 1.88. The first-order valence-electron chi connectivity index (χ1n) is 4.50. The fourth-order valence-corrected chi connectivity index (χ4v) is 1.11. The normalized spacial score (nSPS) is 17.3. The third kappa shape index (κ3) is 5.05. The Balaban J connectivity index is 4.40. The molecule has 0 rings (SSSR count). The van der Waals surface area contributed by atoms with Gasteiger partial charge in [-0.25, -0.2) is 0 Å². The molecule has 90 valence electrons. The van der Waals surface area contributed by atoms with Crippen LogP contribution in [-0.2, 0) is 4.79 Å². The van der Waals surface area contributed by atoms with Crippen LogP contribution in [0.4, 0.5) is 0 Å². The number of nitrogens with one attached hydrogen (secondary N) is 1. The lowest BCUT2D eigenvalue weighted by atomic mass is 10.0. The van der Waals surface area contributed by atoms with Gasteiger partial charge in [0.15, 0.2) is 6.29 Å². The zero-order valence-corrected chi connectivity index (χ0v) is 8.37. The van der Waals surface area contributed by atoms with Crippen LogP contribution < -0.4 is 5.32 Å². The Morgan fingerprint density at radius 1 is 1.27 bits per heavy atom. The summed E-state index contributed by atoms with van der Waals surface area (Å²) in [6.07, 6.45) is -5.00. The second-order valence-electron chi connectivity index (χ2n) is 3.21. The van der Waals surface area contributed by atoms with Crippen molar-refractivity contribution in [1.29, 1.82) is 0 Å². The predicted molar refractivity (Wildman–Crippen MR) is 49.5 cm³/mol. The lowest BCUT2D eigenvalue weighted by Crippen LogP contribution is -2.54. The van der Waals surface area contributed by atoms with Crippen LogP contribution in [0.3, 0.4) is 0 Å². The van der Waals surface area contributed by atoms with Crippen LogP contribution in [0.1, 0.15) is 13.3 Å². The first-order chi connectivity index (χ1) is 6.90. The molecular formula is C8H17NO6. The van der Waals surface area contributed by atoms with Gasteiger partial charge in [-0.15, -0.1) is 0 Å². The summed E-state index contributed by atoms with van der Waals surface area (Å²) < 4.78 is 0. The fourth-order valence-electron chi connectivity index (χ4n) is 1.11. The van der Waals surface area contributed by atoms with Gasteiger partial charge < -0.3 is 30.8 Å². The monoisotopic (exact) mass is 223 g/mol. The average Bonchev–Trinajstić information content (AvgIpc) is 2.12. The number of aliphatic hydroxyl groups excluding tert-OH is 4. The van der Waals surface area contributed by atoms with Crippen molar-refractivity contribution in [2.45, 2.75) is 37.9 Å². The van der Waals surface area contributed by atoms with Gasteiger partial charge in [0.1, 0.15) is 12.1 Å². The maximum Gasteiger partial charge on any atom is 0.217 e. The van der Waals surface area contributed by atoms with Crippen molar-refractivity contribution in [3.8, 4) is 0 Å². The largest absolute Gasteiger partial charge is 0.396 e. The maximum absolute atomic E-state index is 10.7. The molecule has 0 aromatic carbocycles. The number of aliphatic hydroxyl groups is 5. The zero-order valence-electron chi connectivity index (χ0n) is 8.37. The van der Waals surface area contributed by atoms with Crippen LogP contribution in [-0.4, -0.2) is 62.6 Å². The van der Waals surface area contributed by atoms with Crippen LogP contribution in [0.15, 0.2) is 0 Å². The molecule has 1 amide bonds. The summed E-state index contributed by atoms with van der Waals surface area (Å²) in [5.41, 5.74) is 0. The number of hydrogen-bond donors (Lipinski definition) is 6. The lowest BCUT2D eigenvalue weighted by molar-refractivity contribution is -0.138. The Bertz CT molecular complexity index is 198. The smallest absolute Gasteiger partial charge is 0.217 e. The summed E-state index contributed by atoms with van der Waals surface area (Å²) in [5.74, 6) is -0.566. The van der Waals surface area contributed by atoms with Gasteiger partial charge in [0.05, 0.1) is 6.10 Å². The third-order valence-corrected chi connectivity index (χ3v) is 1.88. The van der Waals surface area contributed by atoms with E-state index >= 15 is 0 Å². The van der Waals surface area contributed by atoms with E-state index in [-0.39, 0.29) is 13.0 Å². The Hall–Kier alpha value is -0.730. The van der Waals surface area contributed by atoms with E-state index in [0.29, 0.717) is 0 Å². The Labute approximate surface area is 87.0 Å². The second kappa shape index (κ2) is 6.70. The molecule has 0 radical (unpaired) electrons. The number of amides is 1. The molecule has 1 unspecified atom stereocenters. The van der Waals surface area contributed by atoms with Gasteiger partial charge in [-0.3, -0.25) is 4.79 Å². The van der Waals surface area contributed by atoms with Crippen LogP contribution in [0.25, 0.3) is 0 Å². The first kappa shape index (κ1) is 14.3. The Morgan fingerprint density at radius 3 is 2.13 bits per heavy atom. The minimum absolute atomic E-state index is 0.121. The maximum atomic E-state index is 10.7. The number of carbonyl (C=O) groups excluding carboxylic acids is 1. The van der Waals surface area contributed by atoms with Gasteiger partial charge in [0.2, 0.25) is 5.91 Å². The van der Waals surface area contributed by atoms with E-state index in [4.69, 9.17) is 15.3 Å². The molecule has 0 heterocycles. The first-order valence-corrected chi connectivity index (χ1v) is 4.50. The van der Waals surface area contributed by atoms with Crippen molar-refractivity contribution in [2.24, 2.45) is 0 Å². The molecule has 0 aliphatic carbocycles. The minimum Gasteiger partial charge on any atom is -0.396 e. The number of rotatable bonds is 6. The van der Waals surface area contributed by atoms with Gasteiger partial charge in [-0.05, 0) is 6.42 Å². The van der Waals surface area contributed by atoms with E-state index < -0.39 is 30.4 Å². The highest BCUT2D eigenvalue weighted by molar-refractivity contribution is 5.73. The van der Waals surface area contributed by atoms with Gasteiger partial charge in [0, 0.05) is 13.5 Å². The number of carbonyl (C=O) groups is 1. The number of hydrogen-bond acceptors (Lipinski definition) is 6. The molecule has 0 aliphatic heterocycles. The molecule has 7 nitrogen and oxygen atoms in total. The van der Waals surface area contributed by atoms with E-state index in [2.05, 4.69) is 5.32 Å². The summed E-state index contributed by atoms with van der Waals surface area (Å²) in [4.78, 5) is 10.7. The van der Waals surface area contributed by atoms with Gasteiger partial charge in [0.25, 0.3) is 0 Å². The van der Waals surface area contributed by atoms with Gasteiger partial charge in [-0.2, -0.15) is 0 Å². The van der Waals surface area contributed by atoms with E-state index in [0.717, 1.165) is 6.92 Å². The average molecular weight is 223 g/mol. The summed E-state index contributed by atoms with van der Waals surface area (Å²) in [6, 6.07) is -1.39.